The van der Waals surface area contributed by atoms with Gasteiger partial charge in [-0.15, -0.1) is 16.6 Å². The number of nitrogens with zero attached hydrogens (tertiary/aromatic N) is 5. The lowest BCUT2D eigenvalue weighted by Gasteiger charge is -2.46. The van der Waals surface area contributed by atoms with E-state index in [1.165, 1.54) is 4.90 Å². The largest absolute Gasteiger partial charge is 0.416 e. The van der Waals surface area contributed by atoms with Gasteiger partial charge in [-0.05, 0) is 59.7 Å². The molecule has 1 aliphatic heterocycles. The maximum atomic E-state index is 14.2. The van der Waals surface area contributed by atoms with Crippen molar-refractivity contribution in [2.45, 2.75) is 44.4 Å². The van der Waals surface area contributed by atoms with E-state index in [1.54, 1.807) is 23.4 Å². The number of amides is 1. The molecule has 0 saturated heterocycles. The summed E-state index contributed by atoms with van der Waals surface area (Å²) in [4.78, 5) is 16.8. The number of rotatable bonds is 8. The van der Waals surface area contributed by atoms with Gasteiger partial charge in [0, 0.05) is 37.9 Å². The molecule has 2 aromatic carbocycles. The van der Waals surface area contributed by atoms with Crippen LogP contribution in [0.15, 0.2) is 42.7 Å². The van der Waals surface area contributed by atoms with E-state index < -0.39 is 17.6 Å². The van der Waals surface area contributed by atoms with Crippen molar-refractivity contribution in [1.82, 2.24) is 19.7 Å². The smallest absolute Gasteiger partial charge is 0.329 e. The fourth-order valence-electron chi connectivity index (χ4n) is 6.17. The van der Waals surface area contributed by atoms with E-state index in [0.717, 1.165) is 30.3 Å². The first kappa shape index (κ1) is 26.9. The molecule has 7 nitrogen and oxygen atoms in total. The van der Waals surface area contributed by atoms with Crippen LogP contribution in [0.3, 0.4) is 0 Å². The van der Waals surface area contributed by atoms with Crippen LogP contribution in [-0.2, 0) is 31.7 Å². The predicted octanol–water partition coefficient (Wildman–Crippen LogP) is 4.10. The Hall–Kier alpha value is -3.68. The normalized spacial score (nSPS) is 20.7. The van der Waals surface area contributed by atoms with Crippen LogP contribution < -0.4 is 10.6 Å². The molecular weight excluding hydrogens is 505 g/mol. The van der Waals surface area contributed by atoms with Gasteiger partial charge in [-0.1, -0.05) is 25.0 Å². The molecular formula is C29H31F3N6O. The summed E-state index contributed by atoms with van der Waals surface area (Å²) in [5, 5.41) is 8.44. The first-order chi connectivity index (χ1) is 18.6. The summed E-state index contributed by atoms with van der Waals surface area (Å²) in [7, 11) is 1.90. The number of alkyl halides is 3. The van der Waals surface area contributed by atoms with E-state index in [4.69, 9.17) is 12.2 Å². The SMILES string of the molecule is C#CCN(CCN)Cc1cc2c(c(C(F)(F)F)c1)CN(c1cccc(C3(c4nncn4C)CC(C)C3)c1)C2=O. The van der Waals surface area contributed by atoms with E-state index in [0.29, 0.717) is 30.3 Å². The molecule has 0 bridgehead atoms. The second kappa shape index (κ2) is 10.1. The Morgan fingerprint density at radius 2 is 2.03 bits per heavy atom. The molecule has 0 unspecified atom stereocenters. The number of aromatic nitrogens is 3. The molecule has 2 heterocycles. The number of hydrogen-bond acceptors (Lipinski definition) is 5. The lowest BCUT2D eigenvalue weighted by Crippen LogP contribution is -2.43. The number of carbonyl (C=O) groups excluding carboxylic acids is 1. The van der Waals surface area contributed by atoms with Gasteiger partial charge in [0.25, 0.3) is 5.91 Å². The van der Waals surface area contributed by atoms with Gasteiger partial charge in [0.2, 0.25) is 0 Å². The van der Waals surface area contributed by atoms with Gasteiger partial charge in [0.1, 0.15) is 12.2 Å². The Bertz CT molecular complexity index is 1430. The summed E-state index contributed by atoms with van der Waals surface area (Å²) in [6, 6.07) is 10.2. The maximum absolute atomic E-state index is 14.2. The van der Waals surface area contributed by atoms with Crippen molar-refractivity contribution < 1.29 is 18.0 Å². The second-order valence-electron chi connectivity index (χ2n) is 10.7. The highest BCUT2D eigenvalue weighted by molar-refractivity contribution is 6.10. The molecule has 0 radical (unpaired) electrons. The monoisotopic (exact) mass is 536 g/mol. The van der Waals surface area contributed by atoms with Crippen LogP contribution in [0.5, 0.6) is 0 Å². The van der Waals surface area contributed by atoms with Crippen molar-refractivity contribution in [2.75, 3.05) is 24.5 Å². The third-order valence-corrected chi connectivity index (χ3v) is 7.82. The van der Waals surface area contributed by atoms with E-state index >= 15 is 0 Å². The van der Waals surface area contributed by atoms with Crippen LogP contribution in [-0.4, -0.2) is 45.2 Å². The van der Waals surface area contributed by atoms with Gasteiger partial charge in [-0.2, -0.15) is 13.2 Å². The van der Waals surface area contributed by atoms with Crippen LogP contribution in [0.2, 0.25) is 0 Å². The standard InChI is InChI=1S/C29H31F3N6O/c1-4-9-37(10-8-33)16-20-11-23-24(25(12-20)29(30,31)32)17-38(26(23)39)22-7-5-6-21(13-22)28(14-19(2)15-28)27-35-34-18-36(27)3/h1,5-7,11-13,18-19H,8-10,14-17,33H2,2-3H3. The highest BCUT2D eigenvalue weighted by Crippen LogP contribution is 2.52. The number of fused-ring (bicyclic) bond motifs is 1. The number of benzene rings is 2. The van der Waals surface area contributed by atoms with Crippen molar-refractivity contribution in [1.29, 1.82) is 0 Å². The van der Waals surface area contributed by atoms with Crippen molar-refractivity contribution >= 4 is 11.6 Å². The van der Waals surface area contributed by atoms with Gasteiger partial charge in [-0.25, -0.2) is 0 Å². The molecule has 0 spiro atoms. The topological polar surface area (TPSA) is 80.3 Å². The number of nitrogens with two attached hydrogens (primary N) is 1. The maximum Gasteiger partial charge on any atom is 0.416 e. The fourth-order valence-corrected chi connectivity index (χ4v) is 6.17. The molecule has 3 aromatic rings. The van der Waals surface area contributed by atoms with Crippen molar-refractivity contribution in [3.8, 4) is 12.3 Å². The molecule has 204 valence electrons. The van der Waals surface area contributed by atoms with E-state index in [9.17, 15) is 18.0 Å². The molecule has 1 amide bonds. The van der Waals surface area contributed by atoms with Crippen molar-refractivity contribution in [3.05, 3.63) is 76.4 Å². The first-order valence-electron chi connectivity index (χ1n) is 12.9. The van der Waals surface area contributed by atoms with Gasteiger partial charge < -0.3 is 15.2 Å². The molecule has 39 heavy (non-hydrogen) atoms. The lowest BCUT2D eigenvalue weighted by molar-refractivity contribution is -0.138. The highest BCUT2D eigenvalue weighted by Gasteiger charge is 2.48. The van der Waals surface area contributed by atoms with E-state index in [1.807, 2.05) is 29.8 Å². The molecule has 1 aromatic heterocycles. The van der Waals surface area contributed by atoms with Gasteiger partial charge in [-0.3, -0.25) is 9.69 Å². The molecule has 1 aliphatic carbocycles. The molecule has 5 rings (SSSR count). The molecule has 1 fully saturated rings. The minimum absolute atomic E-state index is 0.00995. The molecule has 1 saturated carbocycles. The zero-order valence-electron chi connectivity index (χ0n) is 22.0. The van der Waals surface area contributed by atoms with Crippen LogP contribution in [0, 0.1) is 18.3 Å². The zero-order valence-corrected chi connectivity index (χ0v) is 22.0. The first-order valence-corrected chi connectivity index (χ1v) is 12.9. The van der Waals surface area contributed by atoms with E-state index in [-0.39, 0.29) is 36.2 Å². The van der Waals surface area contributed by atoms with Crippen molar-refractivity contribution in [2.24, 2.45) is 18.7 Å². The third kappa shape index (κ3) is 4.81. The fraction of sp³-hybridized carbons (Fsp3) is 0.414. The Morgan fingerprint density at radius 1 is 1.26 bits per heavy atom. The summed E-state index contributed by atoms with van der Waals surface area (Å²) >= 11 is 0. The van der Waals surface area contributed by atoms with Crippen LogP contribution in [0.4, 0.5) is 18.9 Å². The number of aryl methyl sites for hydroxylation is 1. The van der Waals surface area contributed by atoms with Crippen LogP contribution in [0.25, 0.3) is 0 Å². The number of terminal acetylenes is 1. The minimum Gasteiger partial charge on any atom is -0.329 e. The Morgan fingerprint density at radius 3 is 2.64 bits per heavy atom. The summed E-state index contributed by atoms with van der Waals surface area (Å²) < 4.78 is 44.5. The minimum atomic E-state index is -4.61. The lowest BCUT2D eigenvalue weighted by atomic mass is 9.58. The van der Waals surface area contributed by atoms with Gasteiger partial charge in [0.05, 0.1) is 24.1 Å². The van der Waals surface area contributed by atoms with Gasteiger partial charge in [0.15, 0.2) is 0 Å². The Balaban J connectivity index is 1.51. The molecule has 10 heteroatoms. The number of anilines is 1. The highest BCUT2D eigenvalue weighted by atomic mass is 19.4. The molecule has 0 atom stereocenters. The summed E-state index contributed by atoms with van der Waals surface area (Å²) in [5.41, 5.74) is 6.46. The molecule has 2 N–H and O–H groups in total. The summed E-state index contributed by atoms with van der Waals surface area (Å²) in [6.07, 6.45) is 4.23. The second-order valence-corrected chi connectivity index (χ2v) is 10.7. The van der Waals surface area contributed by atoms with Gasteiger partial charge >= 0.3 is 6.18 Å². The number of hydrogen-bond donors (Lipinski definition) is 1. The molecule has 2 aliphatic rings. The zero-order chi connectivity index (χ0) is 27.9. The summed E-state index contributed by atoms with van der Waals surface area (Å²) in [5.74, 6) is 3.39. The van der Waals surface area contributed by atoms with Crippen LogP contribution in [0.1, 0.15) is 58.2 Å². The Labute approximate surface area is 225 Å². The number of carbonyl (C=O) groups is 1. The Kier molecular flexibility index (Phi) is 6.99. The predicted molar refractivity (Wildman–Crippen MR) is 142 cm³/mol. The number of halogens is 3. The summed E-state index contributed by atoms with van der Waals surface area (Å²) in [6.45, 7) is 3.18. The average Bonchev–Trinajstić information content (AvgIpc) is 3.44. The van der Waals surface area contributed by atoms with E-state index in [2.05, 4.69) is 23.0 Å². The van der Waals surface area contributed by atoms with Crippen LogP contribution >= 0.6 is 0 Å². The third-order valence-electron chi connectivity index (χ3n) is 7.82. The quantitative estimate of drug-likeness (QED) is 0.439. The average molecular weight is 537 g/mol. The van der Waals surface area contributed by atoms with Crippen molar-refractivity contribution in [3.63, 3.8) is 0 Å².